The van der Waals surface area contributed by atoms with Crippen LogP contribution in [0.4, 0.5) is 0 Å². The Morgan fingerprint density at radius 2 is 2.15 bits per heavy atom. The van der Waals surface area contributed by atoms with Gasteiger partial charge in [0.05, 0.1) is 12.6 Å². The molecule has 0 amide bonds. The van der Waals surface area contributed by atoms with Crippen LogP contribution in [-0.4, -0.2) is 55.0 Å². The second-order valence-electron chi connectivity index (χ2n) is 4.89. The normalized spacial score (nSPS) is 20.6. The molecule has 0 unspecified atom stereocenters. The molecule has 1 heterocycles. The molecule has 5 heteroatoms. The molecular formula is C15H20N4O. The van der Waals surface area contributed by atoms with E-state index < -0.39 is 0 Å². The van der Waals surface area contributed by atoms with Gasteiger partial charge in [-0.2, -0.15) is 5.26 Å². The Labute approximate surface area is 120 Å². The van der Waals surface area contributed by atoms with Gasteiger partial charge in [0.15, 0.2) is 5.84 Å². The Balaban J connectivity index is 2.13. The standard InChI is InChI=1S/C15H20N4O/c1-13-12-19(11-10-18(13)9-8-16)15(17-20-2)14-6-4-3-5-7-14/h3-7,13H,9-12H2,1-2H3/b17-15+/t13-/m1/s1. The molecule has 1 fully saturated rings. The summed E-state index contributed by atoms with van der Waals surface area (Å²) in [5.74, 6) is 0.858. The topological polar surface area (TPSA) is 51.9 Å². The number of benzene rings is 1. The van der Waals surface area contributed by atoms with Crippen molar-refractivity contribution in [3.63, 3.8) is 0 Å². The Hall–Kier alpha value is -2.06. The molecule has 5 nitrogen and oxygen atoms in total. The molecule has 1 aliphatic heterocycles. The van der Waals surface area contributed by atoms with E-state index >= 15 is 0 Å². The quantitative estimate of drug-likeness (QED) is 0.362. The number of nitriles is 1. The zero-order valence-corrected chi connectivity index (χ0v) is 12.0. The van der Waals surface area contributed by atoms with Gasteiger partial charge in [-0.05, 0) is 6.92 Å². The van der Waals surface area contributed by atoms with E-state index in [0.29, 0.717) is 12.6 Å². The number of hydrogen-bond donors (Lipinski definition) is 0. The van der Waals surface area contributed by atoms with E-state index in [1.54, 1.807) is 7.11 Å². The van der Waals surface area contributed by atoms with E-state index in [4.69, 9.17) is 10.1 Å². The summed E-state index contributed by atoms with van der Waals surface area (Å²) in [4.78, 5) is 9.41. The molecule has 1 atom stereocenters. The highest BCUT2D eigenvalue weighted by molar-refractivity contribution is 5.98. The molecule has 1 aliphatic rings. The van der Waals surface area contributed by atoms with Crippen molar-refractivity contribution in [2.45, 2.75) is 13.0 Å². The summed E-state index contributed by atoms with van der Waals surface area (Å²) in [7, 11) is 1.57. The van der Waals surface area contributed by atoms with Crippen molar-refractivity contribution in [1.29, 1.82) is 5.26 Å². The zero-order valence-electron chi connectivity index (χ0n) is 12.0. The fourth-order valence-corrected chi connectivity index (χ4v) is 2.48. The number of hydrogen-bond acceptors (Lipinski definition) is 4. The Morgan fingerprint density at radius 1 is 1.40 bits per heavy atom. The molecule has 0 N–H and O–H groups in total. The highest BCUT2D eigenvalue weighted by atomic mass is 16.6. The third-order valence-corrected chi connectivity index (χ3v) is 3.55. The predicted molar refractivity (Wildman–Crippen MR) is 78.2 cm³/mol. The van der Waals surface area contributed by atoms with Crippen LogP contribution in [0.15, 0.2) is 35.5 Å². The van der Waals surface area contributed by atoms with Crippen molar-refractivity contribution in [3.05, 3.63) is 35.9 Å². The first-order valence-electron chi connectivity index (χ1n) is 6.78. The summed E-state index contributed by atoms with van der Waals surface area (Å²) in [6, 6.07) is 12.6. The molecule has 0 bridgehead atoms. The van der Waals surface area contributed by atoms with Crippen LogP contribution in [-0.2, 0) is 4.84 Å². The van der Waals surface area contributed by atoms with Gasteiger partial charge < -0.3 is 9.74 Å². The maximum Gasteiger partial charge on any atom is 0.175 e. The van der Waals surface area contributed by atoms with E-state index in [0.717, 1.165) is 31.0 Å². The maximum atomic E-state index is 8.82. The lowest BCUT2D eigenvalue weighted by molar-refractivity contribution is 0.132. The molecule has 0 saturated carbocycles. The molecule has 0 aliphatic carbocycles. The summed E-state index contributed by atoms with van der Waals surface area (Å²) in [6.07, 6.45) is 0. The molecule has 1 aromatic carbocycles. The monoisotopic (exact) mass is 272 g/mol. The highest BCUT2D eigenvalue weighted by Crippen LogP contribution is 2.14. The lowest BCUT2D eigenvalue weighted by Crippen LogP contribution is -2.53. The fraction of sp³-hybridized carbons (Fsp3) is 0.467. The van der Waals surface area contributed by atoms with Crippen molar-refractivity contribution >= 4 is 5.84 Å². The van der Waals surface area contributed by atoms with E-state index in [1.165, 1.54) is 0 Å². The first kappa shape index (κ1) is 14.4. The number of nitrogens with zero attached hydrogens (tertiary/aromatic N) is 4. The smallest absolute Gasteiger partial charge is 0.175 e. The molecule has 2 rings (SSSR count). The Bertz CT molecular complexity index is 494. The number of oxime groups is 1. The predicted octanol–water partition coefficient (Wildman–Crippen LogP) is 1.52. The van der Waals surface area contributed by atoms with Gasteiger partial charge in [0.2, 0.25) is 0 Å². The Morgan fingerprint density at radius 3 is 2.75 bits per heavy atom. The minimum Gasteiger partial charge on any atom is -0.397 e. The molecule has 20 heavy (non-hydrogen) atoms. The third-order valence-electron chi connectivity index (χ3n) is 3.55. The lowest BCUT2D eigenvalue weighted by atomic mass is 10.1. The molecule has 1 aromatic rings. The molecule has 0 spiro atoms. The number of rotatable bonds is 3. The summed E-state index contributed by atoms with van der Waals surface area (Å²) in [5.41, 5.74) is 1.05. The third kappa shape index (κ3) is 3.28. The van der Waals surface area contributed by atoms with E-state index in [1.807, 2.05) is 30.3 Å². The second kappa shape index (κ2) is 6.92. The molecule has 1 saturated heterocycles. The van der Waals surface area contributed by atoms with Crippen LogP contribution in [0.25, 0.3) is 0 Å². The zero-order chi connectivity index (χ0) is 14.4. The van der Waals surface area contributed by atoms with Crippen molar-refractivity contribution in [2.24, 2.45) is 5.16 Å². The van der Waals surface area contributed by atoms with Crippen LogP contribution in [0.3, 0.4) is 0 Å². The van der Waals surface area contributed by atoms with Gasteiger partial charge >= 0.3 is 0 Å². The first-order chi connectivity index (χ1) is 9.76. The van der Waals surface area contributed by atoms with E-state index in [9.17, 15) is 0 Å². The molecule has 0 aromatic heterocycles. The van der Waals surface area contributed by atoms with Crippen LogP contribution >= 0.6 is 0 Å². The van der Waals surface area contributed by atoms with Gasteiger partial charge in [-0.15, -0.1) is 0 Å². The van der Waals surface area contributed by atoms with Gasteiger partial charge in [0.1, 0.15) is 7.11 Å². The molecular weight excluding hydrogens is 252 g/mol. The van der Waals surface area contributed by atoms with E-state index in [2.05, 4.69) is 27.9 Å². The molecule has 106 valence electrons. The summed E-state index contributed by atoms with van der Waals surface area (Å²) in [5, 5.41) is 13.0. The highest BCUT2D eigenvalue weighted by Gasteiger charge is 2.26. The van der Waals surface area contributed by atoms with Crippen LogP contribution in [0.2, 0.25) is 0 Å². The maximum absolute atomic E-state index is 8.82. The second-order valence-corrected chi connectivity index (χ2v) is 4.89. The number of piperazine rings is 1. The van der Waals surface area contributed by atoms with Gasteiger partial charge in [-0.25, -0.2) is 0 Å². The van der Waals surface area contributed by atoms with Crippen molar-refractivity contribution in [2.75, 3.05) is 33.3 Å². The van der Waals surface area contributed by atoms with Crippen LogP contribution in [0, 0.1) is 11.3 Å². The minimum absolute atomic E-state index is 0.328. The van der Waals surface area contributed by atoms with Gasteiger partial charge in [0, 0.05) is 31.2 Å². The average molecular weight is 272 g/mol. The Kier molecular flexibility index (Phi) is 4.97. The van der Waals surface area contributed by atoms with Gasteiger partial charge in [-0.1, -0.05) is 35.5 Å². The average Bonchev–Trinajstić information content (AvgIpc) is 2.48. The van der Waals surface area contributed by atoms with Crippen molar-refractivity contribution < 1.29 is 4.84 Å². The van der Waals surface area contributed by atoms with Gasteiger partial charge in [0.25, 0.3) is 0 Å². The van der Waals surface area contributed by atoms with Crippen LogP contribution < -0.4 is 0 Å². The lowest BCUT2D eigenvalue weighted by Gasteiger charge is -2.39. The summed E-state index contributed by atoms with van der Waals surface area (Å²) >= 11 is 0. The van der Waals surface area contributed by atoms with Crippen molar-refractivity contribution in [1.82, 2.24) is 9.80 Å². The van der Waals surface area contributed by atoms with Gasteiger partial charge in [-0.3, -0.25) is 4.90 Å². The number of amidine groups is 1. The SMILES string of the molecule is CO/N=C(\c1ccccc1)N1CCN(CC#N)[C@H](C)C1. The van der Waals surface area contributed by atoms with Crippen molar-refractivity contribution in [3.8, 4) is 6.07 Å². The first-order valence-corrected chi connectivity index (χ1v) is 6.78. The molecule has 0 radical (unpaired) electrons. The fourth-order valence-electron chi connectivity index (χ4n) is 2.48. The van der Waals surface area contributed by atoms with Crippen LogP contribution in [0.5, 0.6) is 0 Å². The minimum atomic E-state index is 0.328. The summed E-state index contributed by atoms with van der Waals surface area (Å²) < 4.78 is 0. The van der Waals surface area contributed by atoms with E-state index in [-0.39, 0.29) is 0 Å². The summed E-state index contributed by atoms with van der Waals surface area (Å²) in [6.45, 7) is 5.18. The largest absolute Gasteiger partial charge is 0.397 e. The van der Waals surface area contributed by atoms with Crippen LogP contribution in [0.1, 0.15) is 12.5 Å².